The van der Waals surface area contributed by atoms with E-state index in [0.717, 1.165) is 22.6 Å². The van der Waals surface area contributed by atoms with Gasteiger partial charge < -0.3 is 16.2 Å². The molecule has 0 unspecified atom stereocenters. The summed E-state index contributed by atoms with van der Waals surface area (Å²) in [6, 6.07) is 18.0. The van der Waals surface area contributed by atoms with Crippen molar-refractivity contribution in [2.75, 3.05) is 7.11 Å². The number of ether oxygens (including phenoxy) is 1. The summed E-state index contributed by atoms with van der Waals surface area (Å²) in [6.07, 6.45) is 3.58. The number of benzene rings is 2. The second-order valence-electron chi connectivity index (χ2n) is 5.69. The molecule has 1 aromatic heterocycles. The van der Waals surface area contributed by atoms with Gasteiger partial charge in [0.2, 0.25) is 12.2 Å². The molecule has 0 saturated heterocycles. The van der Waals surface area contributed by atoms with E-state index in [-0.39, 0.29) is 5.96 Å². The van der Waals surface area contributed by atoms with Crippen molar-refractivity contribution >= 4 is 12.2 Å². The maximum absolute atomic E-state index is 5.34. The molecule has 3 aromatic rings. The molecular formula is C19H21N6O+. The minimum atomic E-state index is -0.0862. The Morgan fingerprint density at radius 1 is 1.15 bits per heavy atom. The molecule has 0 radical (unpaired) electrons. The molecule has 0 aliphatic rings. The molecular weight excluding hydrogens is 328 g/mol. The van der Waals surface area contributed by atoms with Crippen LogP contribution < -0.4 is 20.9 Å². The molecule has 7 nitrogen and oxygen atoms in total. The fourth-order valence-electron chi connectivity index (χ4n) is 2.60. The number of methoxy groups -OCH3 is 1. The zero-order valence-corrected chi connectivity index (χ0v) is 14.5. The third-order valence-corrected chi connectivity index (χ3v) is 3.76. The van der Waals surface area contributed by atoms with E-state index in [1.165, 1.54) is 5.56 Å². The number of H-pyrrole nitrogens is 1. The second kappa shape index (κ2) is 7.98. The van der Waals surface area contributed by atoms with Crippen molar-refractivity contribution < 1.29 is 9.42 Å². The molecule has 1 heterocycles. The molecule has 0 amide bonds. The predicted molar refractivity (Wildman–Crippen MR) is 102 cm³/mol. The van der Waals surface area contributed by atoms with Crippen LogP contribution in [0.5, 0.6) is 5.75 Å². The SMILES string of the molecule is COc1cccc(-c2[nH][n+](Cc3ccccc3)cc2/C=N/N=C(N)N)c1. The van der Waals surface area contributed by atoms with E-state index in [2.05, 4.69) is 27.4 Å². The Labute approximate surface area is 151 Å². The lowest BCUT2D eigenvalue weighted by Gasteiger charge is -2.02. The van der Waals surface area contributed by atoms with Crippen LogP contribution in [-0.4, -0.2) is 24.4 Å². The van der Waals surface area contributed by atoms with Crippen LogP contribution in [0.4, 0.5) is 0 Å². The molecule has 3 rings (SSSR count). The number of aromatic nitrogens is 2. The van der Waals surface area contributed by atoms with E-state index in [4.69, 9.17) is 16.2 Å². The van der Waals surface area contributed by atoms with Gasteiger partial charge in [-0.25, -0.2) is 0 Å². The first-order valence-corrected chi connectivity index (χ1v) is 8.08. The van der Waals surface area contributed by atoms with Crippen molar-refractivity contribution in [1.29, 1.82) is 0 Å². The van der Waals surface area contributed by atoms with E-state index in [1.807, 2.05) is 53.3 Å². The van der Waals surface area contributed by atoms with Gasteiger partial charge in [-0.15, -0.1) is 9.78 Å². The van der Waals surface area contributed by atoms with Crippen LogP contribution in [0.15, 0.2) is 71.0 Å². The number of nitrogens with one attached hydrogen (secondary N) is 1. The molecule has 2 aromatic carbocycles. The minimum Gasteiger partial charge on any atom is -0.497 e. The first kappa shape index (κ1) is 17.2. The van der Waals surface area contributed by atoms with Gasteiger partial charge in [-0.1, -0.05) is 42.5 Å². The summed E-state index contributed by atoms with van der Waals surface area (Å²) in [7, 11) is 1.64. The molecule has 0 atom stereocenters. The Kier molecular flexibility index (Phi) is 5.28. The van der Waals surface area contributed by atoms with Gasteiger partial charge >= 0.3 is 0 Å². The summed E-state index contributed by atoms with van der Waals surface area (Å²) in [4.78, 5) is 0. The quantitative estimate of drug-likeness (QED) is 0.272. The highest BCUT2D eigenvalue weighted by molar-refractivity contribution is 5.88. The fraction of sp³-hybridized carbons (Fsp3) is 0.105. The Morgan fingerprint density at radius 3 is 2.69 bits per heavy atom. The molecule has 0 aliphatic heterocycles. The monoisotopic (exact) mass is 349 g/mol. The average Bonchev–Trinajstić information content (AvgIpc) is 3.05. The van der Waals surface area contributed by atoms with Crippen LogP contribution in [0.2, 0.25) is 0 Å². The van der Waals surface area contributed by atoms with Crippen LogP contribution in [0.1, 0.15) is 11.1 Å². The average molecular weight is 349 g/mol. The Bertz CT molecular complexity index is 926. The third-order valence-electron chi connectivity index (χ3n) is 3.76. The number of hydrogen-bond acceptors (Lipinski definition) is 3. The molecule has 0 fully saturated rings. The molecule has 0 aliphatic carbocycles. The van der Waals surface area contributed by atoms with E-state index < -0.39 is 0 Å². The molecule has 132 valence electrons. The molecule has 7 heteroatoms. The first-order chi connectivity index (χ1) is 12.7. The summed E-state index contributed by atoms with van der Waals surface area (Å²) in [6.45, 7) is 0.702. The predicted octanol–water partition coefficient (Wildman–Crippen LogP) is 1.63. The van der Waals surface area contributed by atoms with Gasteiger partial charge in [0.1, 0.15) is 11.4 Å². The lowest BCUT2D eigenvalue weighted by Crippen LogP contribution is -2.35. The summed E-state index contributed by atoms with van der Waals surface area (Å²) in [5, 5.41) is 11.0. The Morgan fingerprint density at radius 2 is 1.96 bits per heavy atom. The van der Waals surface area contributed by atoms with Crippen molar-refractivity contribution in [2.24, 2.45) is 21.7 Å². The lowest BCUT2D eigenvalue weighted by atomic mass is 10.1. The molecule has 26 heavy (non-hydrogen) atoms. The number of rotatable bonds is 6. The van der Waals surface area contributed by atoms with Crippen molar-refractivity contribution in [3.8, 4) is 17.0 Å². The van der Waals surface area contributed by atoms with Crippen LogP contribution in [-0.2, 0) is 6.54 Å². The maximum Gasteiger partial charge on any atom is 0.211 e. The molecule has 0 saturated carbocycles. The highest BCUT2D eigenvalue weighted by Crippen LogP contribution is 2.24. The van der Waals surface area contributed by atoms with Gasteiger partial charge in [0.15, 0.2) is 6.54 Å². The maximum atomic E-state index is 5.34. The standard InChI is InChI=1S/C19H20N6O/c1-26-17-9-5-8-15(10-17)18-16(11-22-23-19(20)21)13-25(24-18)12-14-6-3-2-4-7-14/h2-11,13H,12H2,1H3,(H4,20,21,23)/p+1/b22-11+. The summed E-state index contributed by atoms with van der Waals surface area (Å²) in [5.41, 5.74) is 14.6. The van der Waals surface area contributed by atoms with Crippen LogP contribution >= 0.6 is 0 Å². The third kappa shape index (κ3) is 4.27. The van der Waals surface area contributed by atoms with Gasteiger partial charge in [0.25, 0.3) is 0 Å². The van der Waals surface area contributed by atoms with Crippen molar-refractivity contribution in [3.63, 3.8) is 0 Å². The topological polar surface area (TPSA) is 106 Å². The summed E-state index contributed by atoms with van der Waals surface area (Å²) in [5.74, 6) is 0.690. The zero-order valence-electron chi connectivity index (χ0n) is 14.5. The number of nitrogens with two attached hydrogens (primary N) is 2. The van der Waals surface area contributed by atoms with Gasteiger partial charge in [-0.05, 0) is 12.1 Å². The van der Waals surface area contributed by atoms with E-state index in [9.17, 15) is 0 Å². The van der Waals surface area contributed by atoms with Crippen LogP contribution in [0.3, 0.4) is 0 Å². The number of aromatic amines is 1. The van der Waals surface area contributed by atoms with Crippen LogP contribution in [0.25, 0.3) is 11.3 Å². The Balaban J connectivity index is 1.99. The lowest BCUT2D eigenvalue weighted by molar-refractivity contribution is -0.741. The first-order valence-electron chi connectivity index (χ1n) is 8.08. The normalized spacial score (nSPS) is 10.8. The van der Waals surface area contributed by atoms with E-state index >= 15 is 0 Å². The van der Waals surface area contributed by atoms with Gasteiger partial charge in [0.05, 0.1) is 18.9 Å². The van der Waals surface area contributed by atoms with Crippen molar-refractivity contribution in [2.45, 2.75) is 6.54 Å². The molecule has 0 spiro atoms. The largest absolute Gasteiger partial charge is 0.497 e. The fourth-order valence-corrected chi connectivity index (χ4v) is 2.60. The van der Waals surface area contributed by atoms with Crippen LogP contribution in [0, 0.1) is 0 Å². The highest BCUT2D eigenvalue weighted by Gasteiger charge is 2.16. The number of guanidine groups is 1. The van der Waals surface area contributed by atoms with E-state index in [1.54, 1.807) is 13.3 Å². The Hall–Kier alpha value is -3.61. The van der Waals surface area contributed by atoms with Gasteiger partial charge in [-0.2, -0.15) is 10.2 Å². The van der Waals surface area contributed by atoms with Crippen molar-refractivity contribution in [1.82, 2.24) is 5.10 Å². The zero-order chi connectivity index (χ0) is 18.4. The highest BCUT2D eigenvalue weighted by atomic mass is 16.5. The van der Waals surface area contributed by atoms with Gasteiger partial charge in [0, 0.05) is 11.1 Å². The number of hydrogen-bond donors (Lipinski definition) is 3. The van der Waals surface area contributed by atoms with Crippen molar-refractivity contribution in [3.05, 3.63) is 71.9 Å². The summed E-state index contributed by atoms with van der Waals surface area (Å²) < 4.78 is 7.31. The number of nitrogens with zero attached hydrogens (tertiary/aromatic N) is 3. The molecule has 0 bridgehead atoms. The smallest absolute Gasteiger partial charge is 0.211 e. The minimum absolute atomic E-state index is 0.0862. The van der Waals surface area contributed by atoms with E-state index in [0.29, 0.717) is 6.54 Å². The van der Waals surface area contributed by atoms with Gasteiger partial charge in [-0.3, -0.25) is 0 Å². The summed E-state index contributed by atoms with van der Waals surface area (Å²) >= 11 is 0. The molecule has 5 N–H and O–H groups in total. The second-order valence-corrected chi connectivity index (χ2v) is 5.69.